The van der Waals surface area contributed by atoms with Crippen LogP contribution in [0.2, 0.25) is 5.02 Å². The van der Waals surface area contributed by atoms with Gasteiger partial charge in [-0.05, 0) is 6.92 Å². The van der Waals surface area contributed by atoms with Gasteiger partial charge in [-0.3, -0.25) is 4.68 Å². The fourth-order valence-electron chi connectivity index (χ4n) is 1.76. The SMILES string of the molecule is Cc1nn(C)nc1-c1ccccc1.Cn1cc(Cl)cn1. The smallest absolute Gasteiger partial charge is 0.115 e. The van der Waals surface area contributed by atoms with Crippen LogP contribution in [0.25, 0.3) is 11.3 Å². The van der Waals surface area contributed by atoms with E-state index in [1.54, 1.807) is 21.9 Å². The molecule has 0 saturated carbocycles. The third kappa shape index (κ3) is 3.68. The van der Waals surface area contributed by atoms with Gasteiger partial charge in [-0.2, -0.15) is 20.1 Å². The van der Waals surface area contributed by atoms with Crippen LogP contribution >= 0.6 is 11.6 Å². The van der Waals surface area contributed by atoms with E-state index in [0.717, 1.165) is 17.0 Å². The second-order valence-electron chi connectivity index (χ2n) is 4.32. The van der Waals surface area contributed by atoms with Crippen molar-refractivity contribution < 1.29 is 0 Å². The molecule has 0 aliphatic carbocycles. The van der Waals surface area contributed by atoms with Crippen LogP contribution in [-0.4, -0.2) is 24.8 Å². The first-order valence-electron chi connectivity index (χ1n) is 6.14. The summed E-state index contributed by atoms with van der Waals surface area (Å²) < 4.78 is 1.66. The molecule has 2 aromatic heterocycles. The van der Waals surface area contributed by atoms with Gasteiger partial charge in [0.1, 0.15) is 5.69 Å². The summed E-state index contributed by atoms with van der Waals surface area (Å²) >= 11 is 5.48. The lowest BCUT2D eigenvalue weighted by molar-refractivity contribution is 0.651. The van der Waals surface area contributed by atoms with Gasteiger partial charge in [0.05, 0.1) is 16.9 Å². The molecule has 0 unspecified atom stereocenters. The van der Waals surface area contributed by atoms with Crippen LogP contribution in [0.4, 0.5) is 0 Å². The number of halogens is 1. The van der Waals surface area contributed by atoms with Gasteiger partial charge in [-0.25, -0.2) is 0 Å². The van der Waals surface area contributed by atoms with Gasteiger partial charge in [-0.1, -0.05) is 41.9 Å². The first kappa shape index (κ1) is 14.3. The second kappa shape index (κ2) is 6.34. The van der Waals surface area contributed by atoms with E-state index in [4.69, 9.17) is 11.6 Å². The van der Waals surface area contributed by atoms with Crippen molar-refractivity contribution in [2.45, 2.75) is 6.92 Å². The summed E-state index contributed by atoms with van der Waals surface area (Å²) in [7, 11) is 3.66. The zero-order valence-electron chi connectivity index (χ0n) is 11.7. The Bertz CT molecular complexity index is 655. The minimum Gasteiger partial charge on any atom is -0.274 e. The molecule has 1 aromatic carbocycles. The topological polar surface area (TPSA) is 48.5 Å². The molecule has 2 heterocycles. The second-order valence-corrected chi connectivity index (χ2v) is 4.76. The summed E-state index contributed by atoms with van der Waals surface area (Å²) in [6.45, 7) is 1.97. The molecular weight excluding hydrogens is 274 g/mol. The Balaban J connectivity index is 0.000000178. The molecule has 5 nitrogen and oxygen atoms in total. The van der Waals surface area contributed by atoms with Gasteiger partial charge < -0.3 is 0 Å². The summed E-state index contributed by atoms with van der Waals surface area (Å²) in [5.41, 5.74) is 3.05. The molecule has 3 aromatic rings. The molecule has 0 atom stereocenters. The standard InChI is InChI=1S/C10H11N3.C4H5ClN2/c1-8-10(12-13(2)11-8)9-6-4-3-5-7-9;1-7-3-4(5)2-6-7/h3-7H,1-2H3;2-3H,1H3. The molecule has 0 saturated heterocycles. The Morgan fingerprint density at radius 3 is 2.15 bits per heavy atom. The highest BCUT2D eigenvalue weighted by molar-refractivity contribution is 6.30. The maximum atomic E-state index is 5.48. The molecule has 104 valence electrons. The number of benzene rings is 1. The number of hydrogen-bond acceptors (Lipinski definition) is 3. The van der Waals surface area contributed by atoms with Crippen LogP contribution in [0.1, 0.15) is 5.69 Å². The minimum atomic E-state index is 0.683. The Kier molecular flexibility index (Phi) is 4.53. The van der Waals surface area contributed by atoms with Crippen LogP contribution in [0.5, 0.6) is 0 Å². The zero-order valence-corrected chi connectivity index (χ0v) is 12.4. The van der Waals surface area contributed by atoms with Gasteiger partial charge in [0.2, 0.25) is 0 Å². The monoisotopic (exact) mass is 289 g/mol. The largest absolute Gasteiger partial charge is 0.274 e. The highest BCUT2D eigenvalue weighted by Gasteiger charge is 2.05. The number of hydrogen-bond donors (Lipinski definition) is 0. The molecule has 0 bridgehead atoms. The molecule has 0 N–H and O–H groups in total. The molecular formula is C14H16ClN5. The Morgan fingerprint density at radius 1 is 1.05 bits per heavy atom. The highest BCUT2D eigenvalue weighted by atomic mass is 35.5. The maximum Gasteiger partial charge on any atom is 0.115 e. The lowest BCUT2D eigenvalue weighted by Crippen LogP contribution is -1.91. The van der Waals surface area contributed by atoms with Crippen LogP contribution in [0, 0.1) is 6.92 Å². The molecule has 0 amide bonds. The molecule has 0 spiro atoms. The van der Waals surface area contributed by atoms with E-state index in [-0.39, 0.29) is 0 Å². The van der Waals surface area contributed by atoms with Gasteiger partial charge >= 0.3 is 0 Å². The Labute approximate surface area is 122 Å². The summed E-state index contributed by atoms with van der Waals surface area (Å²) in [6.07, 6.45) is 3.34. The van der Waals surface area contributed by atoms with Crippen LogP contribution in [0.15, 0.2) is 42.7 Å². The van der Waals surface area contributed by atoms with Crippen molar-refractivity contribution in [2.75, 3.05) is 0 Å². The quantitative estimate of drug-likeness (QED) is 0.692. The molecule has 20 heavy (non-hydrogen) atoms. The number of aryl methyl sites for hydroxylation is 3. The highest BCUT2D eigenvalue weighted by Crippen LogP contribution is 2.18. The fraction of sp³-hybridized carbons (Fsp3) is 0.214. The minimum absolute atomic E-state index is 0.683. The summed E-state index contributed by atoms with van der Waals surface area (Å²) in [5, 5.41) is 13.0. The fourth-order valence-corrected chi connectivity index (χ4v) is 1.94. The Morgan fingerprint density at radius 2 is 1.75 bits per heavy atom. The van der Waals surface area contributed by atoms with Crippen LogP contribution < -0.4 is 0 Å². The molecule has 0 aliphatic rings. The first-order valence-corrected chi connectivity index (χ1v) is 6.51. The number of nitrogens with zero attached hydrogens (tertiary/aromatic N) is 5. The van der Waals surface area contributed by atoms with Crippen molar-refractivity contribution in [1.82, 2.24) is 24.8 Å². The molecule has 0 fully saturated rings. The predicted molar refractivity (Wildman–Crippen MR) is 79.4 cm³/mol. The van der Waals surface area contributed by atoms with Gasteiger partial charge in [-0.15, -0.1) is 0 Å². The number of rotatable bonds is 1. The average Bonchev–Trinajstić information content (AvgIpc) is 2.96. The van der Waals surface area contributed by atoms with Crippen LogP contribution in [-0.2, 0) is 14.1 Å². The van der Waals surface area contributed by atoms with Gasteiger partial charge in [0.25, 0.3) is 0 Å². The van der Waals surface area contributed by atoms with Crippen molar-refractivity contribution in [3.8, 4) is 11.3 Å². The van der Waals surface area contributed by atoms with E-state index in [9.17, 15) is 0 Å². The van der Waals surface area contributed by atoms with Crippen molar-refractivity contribution in [3.05, 3.63) is 53.4 Å². The lowest BCUT2D eigenvalue weighted by Gasteiger charge is -1.94. The third-order valence-corrected chi connectivity index (χ3v) is 2.80. The van der Waals surface area contributed by atoms with E-state index in [1.807, 2.05) is 51.4 Å². The third-order valence-electron chi connectivity index (χ3n) is 2.60. The molecule has 0 radical (unpaired) electrons. The Hall–Kier alpha value is -2.14. The van der Waals surface area contributed by atoms with Crippen molar-refractivity contribution >= 4 is 11.6 Å². The molecule has 0 aliphatic heterocycles. The van der Waals surface area contributed by atoms with Crippen LogP contribution in [0.3, 0.4) is 0 Å². The van der Waals surface area contributed by atoms with Crippen molar-refractivity contribution in [1.29, 1.82) is 0 Å². The van der Waals surface area contributed by atoms with E-state index in [1.165, 1.54) is 0 Å². The van der Waals surface area contributed by atoms with E-state index in [0.29, 0.717) is 5.02 Å². The number of aromatic nitrogens is 5. The maximum absolute atomic E-state index is 5.48. The van der Waals surface area contributed by atoms with E-state index >= 15 is 0 Å². The predicted octanol–water partition coefficient (Wildman–Crippen LogP) is 2.86. The molecule has 3 rings (SSSR count). The van der Waals surface area contributed by atoms with Gasteiger partial charge in [0.15, 0.2) is 0 Å². The van der Waals surface area contributed by atoms with E-state index < -0.39 is 0 Å². The average molecular weight is 290 g/mol. The summed E-state index contributed by atoms with van der Waals surface area (Å²) in [4.78, 5) is 1.59. The lowest BCUT2D eigenvalue weighted by atomic mass is 10.1. The first-order chi connectivity index (χ1) is 9.56. The normalized spacial score (nSPS) is 10.0. The van der Waals surface area contributed by atoms with Crippen molar-refractivity contribution in [2.24, 2.45) is 14.1 Å². The zero-order chi connectivity index (χ0) is 14.5. The molecule has 6 heteroatoms. The van der Waals surface area contributed by atoms with E-state index in [2.05, 4.69) is 15.3 Å². The van der Waals surface area contributed by atoms with Crippen molar-refractivity contribution in [3.63, 3.8) is 0 Å². The van der Waals surface area contributed by atoms with Gasteiger partial charge in [0, 0.05) is 25.9 Å². The summed E-state index contributed by atoms with van der Waals surface area (Å²) in [5.74, 6) is 0. The summed E-state index contributed by atoms with van der Waals surface area (Å²) in [6, 6.07) is 10.1.